The third kappa shape index (κ3) is 3.53. The number of aromatic nitrogens is 4. The Bertz CT molecular complexity index is 1020. The van der Waals surface area contributed by atoms with Gasteiger partial charge < -0.3 is 14.2 Å². The van der Waals surface area contributed by atoms with Gasteiger partial charge in [-0.15, -0.1) is 10.2 Å². The quantitative estimate of drug-likeness (QED) is 0.612. The Morgan fingerprint density at radius 3 is 2.96 bits per heavy atom. The van der Waals surface area contributed by atoms with Crippen molar-refractivity contribution in [3.05, 3.63) is 18.2 Å². The first-order valence-electron chi connectivity index (χ1n) is 9.76. The van der Waals surface area contributed by atoms with Gasteiger partial charge in [0.1, 0.15) is 11.3 Å². The summed E-state index contributed by atoms with van der Waals surface area (Å²) in [6.45, 7) is 5.55. The van der Waals surface area contributed by atoms with Crippen molar-refractivity contribution in [3.63, 3.8) is 0 Å². The minimum Gasteiger partial charge on any atom is -0.494 e. The van der Waals surface area contributed by atoms with Gasteiger partial charge >= 0.3 is 0 Å². The second-order valence-corrected chi connectivity index (χ2v) is 8.10. The number of aryl methyl sites for hydroxylation is 1. The summed E-state index contributed by atoms with van der Waals surface area (Å²) < 4.78 is 7.61. The molecule has 1 aromatic carbocycles. The summed E-state index contributed by atoms with van der Waals surface area (Å²) in [5.74, 6) is 1.30. The lowest BCUT2D eigenvalue weighted by molar-refractivity contribution is -0.131. The van der Waals surface area contributed by atoms with Crippen LogP contribution in [0.15, 0.2) is 23.4 Å². The van der Waals surface area contributed by atoms with Gasteiger partial charge in [0.25, 0.3) is 0 Å². The molecule has 0 bridgehead atoms. The highest BCUT2D eigenvalue weighted by molar-refractivity contribution is 7.99. The van der Waals surface area contributed by atoms with Crippen LogP contribution in [0.25, 0.3) is 22.1 Å². The van der Waals surface area contributed by atoms with Crippen molar-refractivity contribution in [1.29, 1.82) is 0 Å². The SMILES string of the molecule is CCOc1ccc2c(c1)c1nnc(SCC(=O)N3CCCC[C@@H]3C)nc1n2C. The van der Waals surface area contributed by atoms with Gasteiger partial charge in [0, 0.05) is 25.0 Å². The third-order valence-electron chi connectivity index (χ3n) is 5.31. The number of benzene rings is 1. The van der Waals surface area contributed by atoms with Crippen molar-refractivity contribution in [1.82, 2.24) is 24.6 Å². The van der Waals surface area contributed by atoms with E-state index in [4.69, 9.17) is 4.74 Å². The molecule has 4 rings (SSSR count). The second kappa shape index (κ2) is 7.95. The van der Waals surface area contributed by atoms with Crippen molar-refractivity contribution < 1.29 is 9.53 Å². The summed E-state index contributed by atoms with van der Waals surface area (Å²) in [5.41, 5.74) is 2.54. The van der Waals surface area contributed by atoms with E-state index < -0.39 is 0 Å². The van der Waals surface area contributed by atoms with Gasteiger partial charge in [-0.1, -0.05) is 11.8 Å². The maximum absolute atomic E-state index is 12.6. The molecule has 7 nitrogen and oxygen atoms in total. The predicted octanol–water partition coefficient (Wildman–Crippen LogP) is 3.41. The molecule has 1 aliphatic heterocycles. The normalized spacial score (nSPS) is 17.4. The lowest BCUT2D eigenvalue weighted by Crippen LogP contribution is -2.42. The van der Waals surface area contributed by atoms with Crippen LogP contribution >= 0.6 is 11.8 Å². The molecule has 1 fully saturated rings. The first-order chi connectivity index (χ1) is 13.6. The zero-order valence-corrected chi connectivity index (χ0v) is 17.3. The number of carbonyl (C=O) groups is 1. The highest BCUT2D eigenvalue weighted by atomic mass is 32.2. The molecule has 0 spiro atoms. The Kier molecular flexibility index (Phi) is 5.39. The van der Waals surface area contributed by atoms with E-state index in [9.17, 15) is 4.79 Å². The third-order valence-corrected chi connectivity index (χ3v) is 6.13. The number of likely N-dealkylation sites (tertiary alicyclic amines) is 1. The van der Waals surface area contributed by atoms with Crippen LogP contribution < -0.4 is 4.74 Å². The lowest BCUT2D eigenvalue weighted by Gasteiger charge is -2.33. The molecule has 0 aliphatic carbocycles. The highest BCUT2D eigenvalue weighted by Crippen LogP contribution is 2.29. The molecule has 0 radical (unpaired) electrons. The number of nitrogens with zero attached hydrogens (tertiary/aromatic N) is 5. The van der Waals surface area contributed by atoms with Gasteiger partial charge in [0.2, 0.25) is 11.1 Å². The van der Waals surface area contributed by atoms with E-state index in [2.05, 4.69) is 22.1 Å². The van der Waals surface area contributed by atoms with Crippen LogP contribution in [0.1, 0.15) is 33.1 Å². The molecule has 0 N–H and O–H groups in total. The molecule has 28 heavy (non-hydrogen) atoms. The first kappa shape index (κ1) is 19.0. The van der Waals surface area contributed by atoms with Gasteiger partial charge in [-0.3, -0.25) is 4.79 Å². The van der Waals surface area contributed by atoms with Crippen molar-refractivity contribution in [2.45, 2.75) is 44.3 Å². The van der Waals surface area contributed by atoms with Crippen LogP contribution in [0, 0.1) is 0 Å². The number of hydrogen-bond acceptors (Lipinski definition) is 6. The molecule has 8 heteroatoms. The number of piperidine rings is 1. The van der Waals surface area contributed by atoms with E-state index in [-0.39, 0.29) is 5.91 Å². The number of ether oxygens (including phenoxy) is 1. The van der Waals surface area contributed by atoms with Crippen LogP contribution in [0.4, 0.5) is 0 Å². The van der Waals surface area contributed by atoms with Crippen molar-refractivity contribution >= 4 is 39.7 Å². The Morgan fingerprint density at radius 1 is 1.32 bits per heavy atom. The van der Waals surface area contributed by atoms with Gasteiger partial charge in [0.15, 0.2) is 5.65 Å². The molecule has 1 saturated heterocycles. The molecule has 1 amide bonds. The topological polar surface area (TPSA) is 73.1 Å². The van der Waals surface area contributed by atoms with Crippen molar-refractivity contribution in [2.75, 3.05) is 18.9 Å². The van der Waals surface area contributed by atoms with Crippen LogP contribution in [-0.2, 0) is 11.8 Å². The van der Waals surface area contributed by atoms with Gasteiger partial charge in [-0.2, -0.15) is 0 Å². The Labute approximate surface area is 168 Å². The molecule has 0 saturated carbocycles. The second-order valence-electron chi connectivity index (χ2n) is 7.16. The number of thioether (sulfide) groups is 1. The molecule has 2 aromatic heterocycles. The molecular formula is C20H25N5O2S. The fraction of sp³-hybridized carbons (Fsp3) is 0.500. The molecule has 3 heterocycles. The number of carbonyl (C=O) groups excluding carboxylic acids is 1. The Morgan fingerprint density at radius 2 is 2.18 bits per heavy atom. The van der Waals surface area contributed by atoms with Crippen LogP contribution in [0.5, 0.6) is 5.75 Å². The Hall–Kier alpha value is -2.35. The maximum Gasteiger partial charge on any atom is 0.233 e. The van der Waals surface area contributed by atoms with Gasteiger partial charge in [-0.05, 0) is 51.3 Å². The lowest BCUT2D eigenvalue weighted by atomic mass is 10.0. The molecule has 1 atom stereocenters. The first-order valence-corrected chi connectivity index (χ1v) is 10.7. The summed E-state index contributed by atoms with van der Waals surface area (Å²) >= 11 is 1.35. The van der Waals surface area contributed by atoms with Crippen LogP contribution in [0.2, 0.25) is 0 Å². The molecule has 3 aromatic rings. The fourth-order valence-electron chi connectivity index (χ4n) is 3.82. The standard InChI is InChI=1S/C20H25N5O2S/c1-4-27-14-8-9-16-15(11-14)18-19(24(16)3)21-20(23-22-18)28-12-17(26)25-10-6-5-7-13(25)2/h8-9,11,13H,4-7,10,12H2,1-3H3/t13-/m0/s1. The minimum atomic E-state index is 0.152. The predicted molar refractivity (Wildman–Crippen MR) is 111 cm³/mol. The number of fused-ring (bicyclic) bond motifs is 3. The molecular weight excluding hydrogens is 374 g/mol. The average molecular weight is 400 g/mol. The van der Waals surface area contributed by atoms with E-state index in [0.29, 0.717) is 23.6 Å². The van der Waals surface area contributed by atoms with Gasteiger partial charge in [0.05, 0.1) is 17.9 Å². The summed E-state index contributed by atoms with van der Waals surface area (Å²) in [7, 11) is 1.97. The highest BCUT2D eigenvalue weighted by Gasteiger charge is 2.23. The summed E-state index contributed by atoms with van der Waals surface area (Å²) in [4.78, 5) is 19.2. The van der Waals surface area contributed by atoms with E-state index in [1.165, 1.54) is 18.2 Å². The van der Waals surface area contributed by atoms with Gasteiger partial charge in [-0.25, -0.2) is 4.98 Å². The smallest absolute Gasteiger partial charge is 0.233 e. The minimum absolute atomic E-state index is 0.152. The number of rotatable bonds is 5. The van der Waals surface area contributed by atoms with Crippen molar-refractivity contribution in [3.8, 4) is 5.75 Å². The monoisotopic (exact) mass is 399 g/mol. The molecule has 0 unspecified atom stereocenters. The zero-order valence-electron chi connectivity index (χ0n) is 16.5. The van der Waals surface area contributed by atoms with E-state index >= 15 is 0 Å². The maximum atomic E-state index is 12.6. The molecule has 148 valence electrons. The summed E-state index contributed by atoms with van der Waals surface area (Å²) in [6, 6.07) is 6.26. The van der Waals surface area contributed by atoms with E-state index in [0.717, 1.165) is 47.2 Å². The largest absolute Gasteiger partial charge is 0.494 e. The Balaban J connectivity index is 1.56. The summed E-state index contributed by atoms with van der Waals surface area (Å²) in [6.07, 6.45) is 3.37. The van der Waals surface area contributed by atoms with Crippen LogP contribution in [-0.4, -0.2) is 55.5 Å². The number of hydrogen-bond donors (Lipinski definition) is 0. The zero-order chi connectivity index (χ0) is 19.7. The van der Waals surface area contributed by atoms with E-state index in [1.54, 1.807) is 0 Å². The van der Waals surface area contributed by atoms with Crippen molar-refractivity contribution in [2.24, 2.45) is 7.05 Å². The average Bonchev–Trinajstić information content (AvgIpc) is 2.98. The van der Waals surface area contributed by atoms with E-state index in [1.807, 2.05) is 41.6 Å². The van der Waals surface area contributed by atoms with Crippen LogP contribution in [0.3, 0.4) is 0 Å². The molecule has 1 aliphatic rings. The fourth-order valence-corrected chi connectivity index (χ4v) is 4.49. The summed E-state index contributed by atoms with van der Waals surface area (Å²) in [5, 5.41) is 10.2. The number of amides is 1.